The van der Waals surface area contributed by atoms with Crippen LogP contribution in [0.1, 0.15) is 40.6 Å². The number of hydrogen-bond acceptors (Lipinski definition) is 2. The summed E-state index contributed by atoms with van der Waals surface area (Å²) >= 11 is 6.51. The predicted octanol–water partition coefficient (Wildman–Crippen LogP) is 7.05. The molecular weight excluding hydrogens is 378 g/mol. The molecule has 0 saturated heterocycles. The van der Waals surface area contributed by atoms with Gasteiger partial charge in [-0.05, 0) is 54.2 Å². The Hall–Kier alpha value is -2.71. The van der Waals surface area contributed by atoms with Crippen molar-refractivity contribution in [1.82, 2.24) is 0 Å². The van der Waals surface area contributed by atoms with Crippen molar-refractivity contribution in [1.29, 1.82) is 0 Å². The van der Waals surface area contributed by atoms with E-state index in [0.717, 1.165) is 22.9 Å². The number of benzene rings is 3. The molecule has 0 aromatic heterocycles. The molecule has 2 aliphatic rings. The van der Waals surface area contributed by atoms with Gasteiger partial charge in [-0.15, -0.1) is 0 Å². The van der Waals surface area contributed by atoms with E-state index in [0.29, 0.717) is 18.4 Å². The van der Waals surface area contributed by atoms with Crippen LogP contribution in [0.25, 0.3) is 0 Å². The SMILES string of the molecule is Cc1ccc(COc2ccc([C@@H]3Nc4c(Cl)cccc4[C@@H]4C=CC[C@@H]43)cc2)cc1. The van der Waals surface area contributed by atoms with Crippen molar-refractivity contribution < 1.29 is 4.74 Å². The van der Waals surface area contributed by atoms with E-state index in [1.165, 1.54) is 22.3 Å². The van der Waals surface area contributed by atoms with Gasteiger partial charge in [-0.2, -0.15) is 0 Å². The summed E-state index contributed by atoms with van der Waals surface area (Å²) < 4.78 is 5.98. The Bertz CT molecular complexity index is 1040. The zero-order chi connectivity index (χ0) is 19.8. The van der Waals surface area contributed by atoms with Crippen LogP contribution in [0.3, 0.4) is 0 Å². The van der Waals surface area contributed by atoms with Crippen molar-refractivity contribution in [2.75, 3.05) is 5.32 Å². The largest absolute Gasteiger partial charge is 0.489 e. The van der Waals surface area contributed by atoms with Gasteiger partial charge in [-0.1, -0.05) is 77.8 Å². The van der Waals surface area contributed by atoms with E-state index in [-0.39, 0.29) is 6.04 Å². The molecule has 0 saturated carbocycles. The molecule has 5 rings (SSSR count). The van der Waals surface area contributed by atoms with Crippen LogP contribution < -0.4 is 10.1 Å². The molecule has 1 aliphatic heterocycles. The summed E-state index contributed by atoms with van der Waals surface area (Å²) in [6.07, 6.45) is 5.73. The lowest BCUT2D eigenvalue weighted by molar-refractivity contribution is 0.306. The highest BCUT2D eigenvalue weighted by molar-refractivity contribution is 6.33. The van der Waals surface area contributed by atoms with Gasteiger partial charge in [0.25, 0.3) is 0 Å². The highest BCUT2D eigenvalue weighted by atomic mass is 35.5. The Labute approximate surface area is 177 Å². The molecule has 29 heavy (non-hydrogen) atoms. The fraction of sp³-hybridized carbons (Fsp3) is 0.231. The van der Waals surface area contributed by atoms with Gasteiger partial charge in [-0.25, -0.2) is 0 Å². The number of fused-ring (bicyclic) bond motifs is 3. The summed E-state index contributed by atoms with van der Waals surface area (Å²) in [6, 6.07) is 23.4. The number of ether oxygens (including phenoxy) is 1. The maximum absolute atomic E-state index is 6.51. The fourth-order valence-corrected chi connectivity index (χ4v) is 4.77. The first kappa shape index (κ1) is 18.3. The molecule has 0 unspecified atom stereocenters. The Morgan fingerprint density at radius 3 is 2.59 bits per heavy atom. The highest BCUT2D eigenvalue weighted by Gasteiger charge is 2.38. The first-order valence-corrected chi connectivity index (χ1v) is 10.6. The second-order valence-corrected chi connectivity index (χ2v) is 8.43. The van der Waals surface area contributed by atoms with Crippen molar-refractivity contribution in [3.63, 3.8) is 0 Å². The van der Waals surface area contributed by atoms with E-state index >= 15 is 0 Å². The average Bonchev–Trinajstić information content (AvgIpc) is 3.24. The first-order chi connectivity index (χ1) is 14.2. The molecule has 0 amide bonds. The molecule has 3 aromatic rings. The molecule has 1 heterocycles. The number of aryl methyl sites for hydroxylation is 1. The quantitative estimate of drug-likeness (QED) is 0.472. The molecule has 1 aliphatic carbocycles. The van der Waals surface area contributed by atoms with Crippen LogP contribution in [0, 0.1) is 12.8 Å². The van der Waals surface area contributed by atoms with E-state index in [1.807, 2.05) is 12.1 Å². The van der Waals surface area contributed by atoms with Crippen LogP contribution in [-0.2, 0) is 6.61 Å². The summed E-state index contributed by atoms with van der Waals surface area (Å²) in [5.41, 5.74) is 6.10. The van der Waals surface area contributed by atoms with Gasteiger partial charge in [-0.3, -0.25) is 0 Å². The topological polar surface area (TPSA) is 21.3 Å². The second kappa shape index (κ2) is 7.61. The Kier molecular flexibility index (Phi) is 4.81. The Morgan fingerprint density at radius 1 is 1.00 bits per heavy atom. The molecule has 3 heteroatoms. The zero-order valence-corrected chi connectivity index (χ0v) is 17.2. The number of para-hydroxylation sites is 1. The van der Waals surface area contributed by atoms with Gasteiger partial charge >= 0.3 is 0 Å². The maximum atomic E-state index is 6.51. The van der Waals surface area contributed by atoms with E-state index in [4.69, 9.17) is 16.3 Å². The van der Waals surface area contributed by atoms with Gasteiger partial charge < -0.3 is 10.1 Å². The third kappa shape index (κ3) is 3.54. The fourth-order valence-electron chi connectivity index (χ4n) is 4.54. The lowest BCUT2D eigenvalue weighted by Gasteiger charge is -2.38. The van der Waals surface area contributed by atoms with Gasteiger partial charge in [0.2, 0.25) is 0 Å². The Balaban J connectivity index is 1.34. The third-order valence-electron chi connectivity index (χ3n) is 6.11. The monoisotopic (exact) mass is 401 g/mol. The smallest absolute Gasteiger partial charge is 0.119 e. The molecule has 0 radical (unpaired) electrons. The minimum Gasteiger partial charge on any atom is -0.489 e. The van der Waals surface area contributed by atoms with Gasteiger partial charge in [0.15, 0.2) is 0 Å². The summed E-state index contributed by atoms with van der Waals surface area (Å²) in [4.78, 5) is 0. The number of hydrogen-bond donors (Lipinski definition) is 1. The van der Waals surface area contributed by atoms with Crippen LogP contribution in [0.15, 0.2) is 78.9 Å². The van der Waals surface area contributed by atoms with Crippen LogP contribution in [0.4, 0.5) is 5.69 Å². The normalized spacial score (nSPS) is 21.9. The lowest BCUT2D eigenvalue weighted by Crippen LogP contribution is -2.29. The van der Waals surface area contributed by atoms with Crippen LogP contribution >= 0.6 is 11.6 Å². The number of anilines is 1. The van der Waals surface area contributed by atoms with E-state index in [2.05, 4.69) is 79.0 Å². The first-order valence-electron chi connectivity index (χ1n) is 10.2. The van der Waals surface area contributed by atoms with Crippen molar-refractivity contribution in [2.24, 2.45) is 5.92 Å². The molecule has 2 nitrogen and oxygen atoms in total. The minimum atomic E-state index is 0.244. The minimum absolute atomic E-state index is 0.244. The summed E-state index contributed by atoms with van der Waals surface area (Å²) in [5, 5.41) is 4.52. The summed E-state index contributed by atoms with van der Waals surface area (Å²) in [5.74, 6) is 1.83. The van der Waals surface area contributed by atoms with Crippen molar-refractivity contribution >= 4 is 17.3 Å². The van der Waals surface area contributed by atoms with Crippen molar-refractivity contribution in [3.05, 3.63) is 106 Å². The highest BCUT2D eigenvalue weighted by Crippen LogP contribution is 2.51. The lowest BCUT2D eigenvalue weighted by atomic mass is 9.77. The number of nitrogens with one attached hydrogen (secondary N) is 1. The zero-order valence-electron chi connectivity index (χ0n) is 16.4. The van der Waals surface area contributed by atoms with Crippen LogP contribution in [0.5, 0.6) is 5.75 Å². The van der Waals surface area contributed by atoms with Crippen LogP contribution in [-0.4, -0.2) is 0 Å². The molecule has 1 N–H and O–H groups in total. The van der Waals surface area contributed by atoms with E-state index in [9.17, 15) is 0 Å². The maximum Gasteiger partial charge on any atom is 0.119 e. The molecule has 0 bridgehead atoms. The summed E-state index contributed by atoms with van der Waals surface area (Å²) in [6.45, 7) is 2.68. The molecule has 0 fully saturated rings. The molecule has 3 aromatic carbocycles. The van der Waals surface area contributed by atoms with E-state index < -0.39 is 0 Å². The number of rotatable bonds is 4. The second-order valence-electron chi connectivity index (χ2n) is 8.02. The van der Waals surface area contributed by atoms with Gasteiger partial charge in [0.1, 0.15) is 12.4 Å². The molecule has 146 valence electrons. The molecule has 0 spiro atoms. The number of allylic oxidation sites excluding steroid dienone is 2. The molecule has 3 atom stereocenters. The predicted molar refractivity (Wildman–Crippen MR) is 120 cm³/mol. The standard InChI is InChI=1S/C26H24ClNO/c1-17-8-10-18(11-9-17)16-29-20-14-12-19(13-15-20)25-22-5-2-4-21(22)23-6-3-7-24(27)26(23)28-25/h2-4,6-15,21-22,25,28H,5,16H2,1H3/t21-,22+,25+/m1/s1. The summed E-state index contributed by atoms with van der Waals surface area (Å²) in [7, 11) is 0. The molecular formula is C26H24ClNO. The average molecular weight is 402 g/mol. The number of halogens is 1. The van der Waals surface area contributed by atoms with Gasteiger partial charge in [0, 0.05) is 5.92 Å². The van der Waals surface area contributed by atoms with Crippen molar-refractivity contribution in [2.45, 2.75) is 31.9 Å². The van der Waals surface area contributed by atoms with Crippen molar-refractivity contribution in [3.8, 4) is 5.75 Å². The Morgan fingerprint density at radius 2 is 1.79 bits per heavy atom. The van der Waals surface area contributed by atoms with E-state index in [1.54, 1.807) is 0 Å². The third-order valence-corrected chi connectivity index (χ3v) is 6.43. The van der Waals surface area contributed by atoms with Gasteiger partial charge in [0.05, 0.1) is 16.8 Å². The van der Waals surface area contributed by atoms with Crippen LogP contribution in [0.2, 0.25) is 5.02 Å².